The van der Waals surface area contributed by atoms with Crippen LogP contribution in [-0.4, -0.2) is 88.3 Å². The van der Waals surface area contributed by atoms with Crippen LogP contribution in [0.15, 0.2) is 35.3 Å². The summed E-state index contributed by atoms with van der Waals surface area (Å²) in [5, 5.41) is 35.0. The quantitative estimate of drug-likeness (QED) is 0.0548. The zero-order valence-corrected chi connectivity index (χ0v) is 20.7. The molecule has 1 rings (SSSR count). The monoisotopic (exact) mass is 537 g/mol. The van der Waals surface area contributed by atoms with Crippen LogP contribution in [0.2, 0.25) is 0 Å². The van der Waals surface area contributed by atoms with Gasteiger partial charge >= 0.3 is 11.9 Å². The summed E-state index contributed by atoms with van der Waals surface area (Å²) in [6.45, 7) is -0.619. The number of aliphatic hydroxyl groups is 1. The van der Waals surface area contributed by atoms with Gasteiger partial charge in [0.25, 0.3) is 0 Å². The van der Waals surface area contributed by atoms with Crippen molar-refractivity contribution in [1.29, 1.82) is 0 Å². The third kappa shape index (κ3) is 12.1. The second-order valence-corrected chi connectivity index (χ2v) is 8.38. The van der Waals surface area contributed by atoms with E-state index >= 15 is 0 Å². The number of amides is 3. The van der Waals surface area contributed by atoms with E-state index in [9.17, 15) is 34.2 Å². The number of aliphatic carboxylic acids is 2. The lowest BCUT2D eigenvalue weighted by Gasteiger charge is -2.24. The normalized spacial score (nSPS) is 13.7. The summed E-state index contributed by atoms with van der Waals surface area (Å²) in [5.74, 6) is -5.40. The Kier molecular flexibility index (Phi) is 13.8. The molecule has 0 aliphatic carbocycles. The first kappa shape index (κ1) is 31.8. The highest BCUT2D eigenvalue weighted by molar-refractivity contribution is 5.94. The number of nitrogens with one attached hydrogen (secondary N) is 3. The van der Waals surface area contributed by atoms with E-state index in [4.69, 9.17) is 22.3 Å². The molecule has 0 bridgehead atoms. The highest BCUT2D eigenvalue weighted by Crippen LogP contribution is 2.06. The van der Waals surface area contributed by atoms with Gasteiger partial charge in [-0.25, -0.2) is 4.79 Å². The molecule has 15 nitrogen and oxygen atoms in total. The number of carboxylic acids is 2. The predicted molar refractivity (Wildman–Crippen MR) is 135 cm³/mol. The van der Waals surface area contributed by atoms with E-state index in [0.29, 0.717) is 12.0 Å². The number of hydrogen-bond acceptors (Lipinski definition) is 8. The van der Waals surface area contributed by atoms with Gasteiger partial charge in [-0.05, 0) is 24.8 Å². The van der Waals surface area contributed by atoms with Crippen LogP contribution in [0.25, 0.3) is 0 Å². The Morgan fingerprint density at radius 2 is 1.42 bits per heavy atom. The number of carboxylic acid groups (broad SMARTS) is 2. The molecule has 0 saturated carbocycles. The zero-order chi connectivity index (χ0) is 28.7. The molecule has 210 valence electrons. The number of aliphatic imine (C=N–C) groups is 1. The standard InChI is InChI=1S/C23H35N7O8/c24-14(7-4-10-27-23(25)26)19(34)30-17(12-31)21(36)28-15(8-9-18(32)33)20(35)29-16(22(37)38)11-13-5-2-1-3-6-13/h1-3,5-6,14-17,31H,4,7-12,24H2,(H,28,36)(H,29,35)(H,30,34)(H,32,33)(H,37,38)(H4,25,26,27). The maximum atomic E-state index is 12.9. The molecule has 1 aromatic rings. The molecule has 12 N–H and O–H groups in total. The topological polar surface area (TPSA) is 273 Å². The first-order valence-electron chi connectivity index (χ1n) is 11.8. The largest absolute Gasteiger partial charge is 0.481 e. The molecule has 0 heterocycles. The molecule has 0 radical (unpaired) electrons. The number of guanidine groups is 1. The van der Waals surface area contributed by atoms with Crippen LogP contribution >= 0.6 is 0 Å². The van der Waals surface area contributed by atoms with Crippen molar-refractivity contribution in [3.05, 3.63) is 35.9 Å². The van der Waals surface area contributed by atoms with Gasteiger partial charge in [0.1, 0.15) is 18.1 Å². The summed E-state index contributed by atoms with van der Waals surface area (Å²) in [5.41, 5.74) is 16.9. The second-order valence-electron chi connectivity index (χ2n) is 8.38. The summed E-state index contributed by atoms with van der Waals surface area (Å²) in [6, 6.07) is 3.10. The Balaban J connectivity index is 2.85. The first-order chi connectivity index (χ1) is 17.9. The zero-order valence-electron chi connectivity index (χ0n) is 20.7. The number of nitrogens with two attached hydrogens (primary N) is 3. The van der Waals surface area contributed by atoms with Crippen molar-refractivity contribution >= 4 is 35.6 Å². The number of benzene rings is 1. The summed E-state index contributed by atoms with van der Waals surface area (Å²) in [6.07, 6.45) is -0.415. The van der Waals surface area contributed by atoms with Crippen molar-refractivity contribution in [2.75, 3.05) is 13.2 Å². The minimum atomic E-state index is -1.51. The van der Waals surface area contributed by atoms with Gasteiger partial charge in [0.05, 0.1) is 12.6 Å². The fourth-order valence-electron chi connectivity index (χ4n) is 3.25. The van der Waals surface area contributed by atoms with Crippen molar-refractivity contribution in [2.24, 2.45) is 22.2 Å². The molecule has 4 atom stereocenters. The van der Waals surface area contributed by atoms with Crippen LogP contribution in [-0.2, 0) is 30.4 Å². The molecular weight excluding hydrogens is 502 g/mol. The predicted octanol–water partition coefficient (Wildman–Crippen LogP) is -2.99. The highest BCUT2D eigenvalue weighted by Gasteiger charge is 2.30. The van der Waals surface area contributed by atoms with Gasteiger partial charge < -0.3 is 48.5 Å². The van der Waals surface area contributed by atoms with E-state index in [-0.39, 0.29) is 31.8 Å². The Labute approximate surface area is 218 Å². The summed E-state index contributed by atoms with van der Waals surface area (Å²) < 4.78 is 0. The maximum absolute atomic E-state index is 12.9. The molecular formula is C23H35N7O8. The average Bonchev–Trinajstić information content (AvgIpc) is 2.86. The molecule has 0 aliphatic heterocycles. The number of nitrogens with zero attached hydrogens (tertiary/aromatic N) is 1. The van der Waals surface area contributed by atoms with E-state index in [1.54, 1.807) is 30.3 Å². The van der Waals surface area contributed by atoms with E-state index in [1.807, 2.05) is 0 Å². The molecule has 15 heteroatoms. The SMILES string of the molecule is NC(N)=NCCCC(N)C(=O)NC(CO)C(=O)NC(CCC(=O)O)C(=O)NC(Cc1ccccc1)C(=O)O. The number of aliphatic hydroxyl groups excluding tert-OH is 1. The van der Waals surface area contributed by atoms with Crippen LogP contribution in [0.1, 0.15) is 31.2 Å². The molecule has 0 aliphatic rings. The Hall–Kier alpha value is -4.24. The highest BCUT2D eigenvalue weighted by atomic mass is 16.4. The van der Waals surface area contributed by atoms with E-state index in [1.165, 1.54) is 0 Å². The maximum Gasteiger partial charge on any atom is 0.326 e. The lowest BCUT2D eigenvalue weighted by molar-refractivity contribution is -0.143. The lowest BCUT2D eigenvalue weighted by atomic mass is 10.0. The summed E-state index contributed by atoms with van der Waals surface area (Å²) >= 11 is 0. The molecule has 3 amide bonds. The molecule has 4 unspecified atom stereocenters. The van der Waals surface area contributed by atoms with Gasteiger partial charge in [0, 0.05) is 19.4 Å². The number of rotatable bonds is 17. The first-order valence-corrected chi connectivity index (χ1v) is 11.8. The fraction of sp³-hybridized carbons (Fsp3) is 0.478. The lowest BCUT2D eigenvalue weighted by Crippen LogP contribution is -2.58. The van der Waals surface area contributed by atoms with Crippen molar-refractivity contribution in [3.8, 4) is 0 Å². The van der Waals surface area contributed by atoms with E-state index in [2.05, 4.69) is 20.9 Å². The third-order valence-electron chi connectivity index (χ3n) is 5.30. The number of carbonyl (C=O) groups is 5. The minimum absolute atomic E-state index is 0.0576. The van der Waals surface area contributed by atoms with Crippen molar-refractivity contribution in [1.82, 2.24) is 16.0 Å². The minimum Gasteiger partial charge on any atom is -0.481 e. The van der Waals surface area contributed by atoms with Crippen molar-refractivity contribution in [2.45, 2.75) is 56.3 Å². The van der Waals surface area contributed by atoms with Gasteiger partial charge in [0.15, 0.2) is 5.96 Å². The van der Waals surface area contributed by atoms with Gasteiger partial charge in [-0.15, -0.1) is 0 Å². The van der Waals surface area contributed by atoms with Crippen molar-refractivity contribution in [3.63, 3.8) is 0 Å². The molecule has 38 heavy (non-hydrogen) atoms. The Bertz CT molecular complexity index is 985. The van der Waals surface area contributed by atoms with Crippen LogP contribution in [0.5, 0.6) is 0 Å². The fourth-order valence-corrected chi connectivity index (χ4v) is 3.25. The van der Waals surface area contributed by atoms with Crippen LogP contribution in [0.4, 0.5) is 0 Å². The van der Waals surface area contributed by atoms with Crippen molar-refractivity contribution < 1.29 is 39.3 Å². The van der Waals surface area contributed by atoms with E-state index in [0.717, 1.165) is 0 Å². The second kappa shape index (κ2) is 16.5. The molecule has 0 fully saturated rings. The Morgan fingerprint density at radius 1 is 0.842 bits per heavy atom. The van der Waals surface area contributed by atoms with E-state index < -0.39 is 66.9 Å². The van der Waals surface area contributed by atoms with Crippen LogP contribution < -0.4 is 33.2 Å². The molecule has 0 spiro atoms. The molecule has 0 saturated heterocycles. The van der Waals surface area contributed by atoms with Gasteiger partial charge in [-0.2, -0.15) is 0 Å². The average molecular weight is 538 g/mol. The number of hydrogen-bond donors (Lipinski definition) is 9. The number of carbonyl (C=O) groups excluding carboxylic acids is 3. The summed E-state index contributed by atoms with van der Waals surface area (Å²) in [7, 11) is 0. The third-order valence-corrected chi connectivity index (χ3v) is 5.30. The van der Waals surface area contributed by atoms with Gasteiger partial charge in [0.2, 0.25) is 17.7 Å². The Morgan fingerprint density at radius 3 is 1.97 bits per heavy atom. The van der Waals surface area contributed by atoms with Gasteiger partial charge in [-0.3, -0.25) is 24.2 Å². The smallest absolute Gasteiger partial charge is 0.326 e. The van der Waals surface area contributed by atoms with Gasteiger partial charge in [-0.1, -0.05) is 30.3 Å². The van der Waals surface area contributed by atoms with Crippen LogP contribution in [0, 0.1) is 0 Å². The molecule has 1 aromatic carbocycles. The van der Waals surface area contributed by atoms with Crippen LogP contribution in [0.3, 0.4) is 0 Å². The molecule has 0 aromatic heterocycles. The summed E-state index contributed by atoms with van der Waals surface area (Å²) in [4.78, 5) is 64.4.